The summed E-state index contributed by atoms with van der Waals surface area (Å²) in [6.45, 7) is 0.355. The molecule has 0 atom stereocenters. The summed E-state index contributed by atoms with van der Waals surface area (Å²) >= 11 is 0. The van der Waals surface area contributed by atoms with Crippen LogP contribution in [0.2, 0.25) is 0 Å². The fourth-order valence-corrected chi connectivity index (χ4v) is 1.87. The van der Waals surface area contributed by atoms with Gasteiger partial charge in [-0.1, -0.05) is 18.2 Å². The first-order valence-corrected chi connectivity index (χ1v) is 5.93. The molecule has 0 spiro atoms. The van der Waals surface area contributed by atoms with Crippen molar-refractivity contribution >= 4 is 11.0 Å². The van der Waals surface area contributed by atoms with Gasteiger partial charge in [0.1, 0.15) is 19.2 Å². The lowest BCUT2D eigenvalue weighted by atomic mass is 10.3. The zero-order valence-corrected chi connectivity index (χ0v) is 10.5. The van der Waals surface area contributed by atoms with Crippen LogP contribution in [-0.2, 0) is 6.61 Å². The van der Waals surface area contributed by atoms with Gasteiger partial charge in [-0.15, -0.1) is 4.73 Å². The van der Waals surface area contributed by atoms with Crippen LogP contribution < -0.4 is 9.57 Å². The predicted molar refractivity (Wildman–Crippen MR) is 70.8 cm³/mol. The van der Waals surface area contributed by atoms with Gasteiger partial charge in [-0.25, -0.2) is 0 Å². The number of hydrogen-bond donors (Lipinski definition) is 0. The van der Waals surface area contributed by atoms with Crippen molar-refractivity contribution in [1.82, 2.24) is 14.7 Å². The van der Waals surface area contributed by atoms with Crippen molar-refractivity contribution in [3.05, 3.63) is 54.4 Å². The van der Waals surface area contributed by atoms with E-state index in [0.717, 1.165) is 16.7 Å². The average molecular weight is 255 g/mol. The Morgan fingerprint density at radius 1 is 1.11 bits per heavy atom. The van der Waals surface area contributed by atoms with Crippen LogP contribution in [0.4, 0.5) is 0 Å². The maximum atomic E-state index is 5.66. The van der Waals surface area contributed by atoms with Gasteiger partial charge in [0.25, 0.3) is 0 Å². The highest BCUT2D eigenvalue weighted by atomic mass is 16.7. The van der Waals surface area contributed by atoms with Crippen LogP contribution in [0.3, 0.4) is 0 Å². The van der Waals surface area contributed by atoms with E-state index in [2.05, 4.69) is 9.97 Å². The van der Waals surface area contributed by atoms with Crippen molar-refractivity contribution < 1.29 is 9.57 Å². The largest absolute Gasteiger partial charge is 0.456 e. The Kier molecular flexibility index (Phi) is 3.02. The minimum atomic E-state index is 0.355. The summed E-state index contributed by atoms with van der Waals surface area (Å²) < 4.78 is 7.23. The van der Waals surface area contributed by atoms with Crippen LogP contribution in [0.5, 0.6) is 6.01 Å². The Labute approximate surface area is 110 Å². The molecule has 5 nitrogen and oxygen atoms in total. The first-order chi connectivity index (χ1) is 9.38. The molecule has 3 rings (SSSR count). The van der Waals surface area contributed by atoms with Crippen LogP contribution in [0, 0.1) is 0 Å². The van der Waals surface area contributed by atoms with E-state index in [-0.39, 0.29) is 0 Å². The molecule has 0 radical (unpaired) electrons. The van der Waals surface area contributed by atoms with Crippen molar-refractivity contribution in [2.75, 3.05) is 7.11 Å². The Balaban J connectivity index is 1.88. The lowest BCUT2D eigenvalue weighted by molar-refractivity contribution is 0.130. The Bertz CT molecular complexity index is 679. The minimum Gasteiger partial charge on any atom is -0.456 e. The highest BCUT2D eigenvalue weighted by Crippen LogP contribution is 2.20. The number of hydrogen-bond acceptors (Lipinski definition) is 4. The van der Waals surface area contributed by atoms with Crippen molar-refractivity contribution in [1.29, 1.82) is 0 Å². The summed E-state index contributed by atoms with van der Waals surface area (Å²) in [6, 6.07) is 13.8. The summed E-state index contributed by atoms with van der Waals surface area (Å²) in [5, 5.41) is 0. The minimum absolute atomic E-state index is 0.355. The van der Waals surface area contributed by atoms with Crippen LogP contribution >= 0.6 is 0 Å². The molecule has 2 aromatic heterocycles. The number of fused-ring (bicyclic) bond motifs is 1. The predicted octanol–water partition coefficient (Wildman–Crippen LogP) is 2.07. The zero-order chi connectivity index (χ0) is 13.1. The van der Waals surface area contributed by atoms with Gasteiger partial charge in [0.05, 0.1) is 11.2 Å². The van der Waals surface area contributed by atoms with Gasteiger partial charge in [-0.3, -0.25) is 4.98 Å². The van der Waals surface area contributed by atoms with Crippen molar-refractivity contribution in [2.45, 2.75) is 6.61 Å². The summed E-state index contributed by atoms with van der Waals surface area (Å²) in [6.07, 6.45) is 1.73. The lowest BCUT2D eigenvalue weighted by Gasteiger charge is -2.07. The van der Waals surface area contributed by atoms with Crippen LogP contribution in [0.15, 0.2) is 48.7 Å². The van der Waals surface area contributed by atoms with E-state index >= 15 is 0 Å². The first-order valence-electron chi connectivity index (χ1n) is 5.93. The van der Waals surface area contributed by atoms with Crippen molar-refractivity contribution in [3.8, 4) is 6.01 Å². The van der Waals surface area contributed by atoms with Crippen LogP contribution in [0.25, 0.3) is 11.0 Å². The molecule has 5 heteroatoms. The molecule has 0 N–H and O–H groups in total. The maximum absolute atomic E-state index is 5.66. The number of para-hydroxylation sites is 2. The van der Waals surface area contributed by atoms with Gasteiger partial charge in [-0.2, -0.15) is 4.98 Å². The number of ether oxygens (including phenoxy) is 1. The third-order valence-electron chi connectivity index (χ3n) is 2.75. The first kappa shape index (κ1) is 11.5. The maximum Gasteiger partial charge on any atom is 0.331 e. The molecule has 19 heavy (non-hydrogen) atoms. The smallest absolute Gasteiger partial charge is 0.331 e. The number of imidazole rings is 1. The summed E-state index contributed by atoms with van der Waals surface area (Å²) in [4.78, 5) is 13.9. The third kappa shape index (κ3) is 2.22. The standard InChI is InChI=1S/C14H13N3O2/c1-18-17-13-8-3-2-7-12(13)16-14(17)19-10-11-6-4-5-9-15-11/h2-9H,10H2,1H3. The molecular weight excluding hydrogens is 242 g/mol. The van der Waals surface area contributed by atoms with Gasteiger partial charge in [0.15, 0.2) is 0 Å². The average Bonchev–Trinajstić information content (AvgIpc) is 2.83. The number of rotatable bonds is 4. The monoisotopic (exact) mass is 255 g/mol. The molecule has 1 aromatic carbocycles. The SMILES string of the molecule is COn1c(OCc2ccccn2)nc2ccccc21. The summed E-state index contributed by atoms with van der Waals surface area (Å²) in [7, 11) is 1.59. The fraction of sp³-hybridized carbons (Fsp3) is 0.143. The van der Waals surface area contributed by atoms with Gasteiger partial charge in [0, 0.05) is 6.20 Å². The van der Waals surface area contributed by atoms with Crippen molar-refractivity contribution in [3.63, 3.8) is 0 Å². The second-order valence-electron chi connectivity index (χ2n) is 3.97. The molecule has 3 aromatic rings. The molecule has 0 aliphatic heterocycles. The van der Waals surface area contributed by atoms with E-state index in [0.29, 0.717) is 12.6 Å². The highest BCUT2D eigenvalue weighted by Gasteiger charge is 2.11. The van der Waals surface area contributed by atoms with E-state index in [1.807, 2.05) is 42.5 Å². The van der Waals surface area contributed by atoms with E-state index in [4.69, 9.17) is 9.57 Å². The second-order valence-corrected chi connectivity index (χ2v) is 3.97. The van der Waals surface area contributed by atoms with E-state index in [9.17, 15) is 0 Å². The highest BCUT2D eigenvalue weighted by molar-refractivity contribution is 5.76. The fourth-order valence-electron chi connectivity index (χ4n) is 1.87. The molecule has 2 heterocycles. The van der Waals surface area contributed by atoms with Gasteiger partial charge in [-0.05, 0) is 24.3 Å². The molecule has 0 amide bonds. The molecular formula is C14H13N3O2. The normalized spacial score (nSPS) is 10.6. The second kappa shape index (κ2) is 4.97. The topological polar surface area (TPSA) is 49.2 Å². The van der Waals surface area contributed by atoms with Gasteiger partial charge in [0.2, 0.25) is 0 Å². The van der Waals surface area contributed by atoms with E-state index in [1.54, 1.807) is 18.0 Å². The van der Waals surface area contributed by atoms with Crippen molar-refractivity contribution in [2.24, 2.45) is 0 Å². The Morgan fingerprint density at radius 2 is 1.95 bits per heavy atom. The van der Waals surface area contributed by atoms with E-state index < -0.39 is 0 Å². The molecule has 0 bridgehead atoms. The molecule has 0 unspecified atom stereocenters. The van der Waals surface area contributed by atoms with Gasteiger partial charge >= 0.3 is 6.01 Å². The number of aromatic nitrogens is 3. The van der Waals surface area contributed by atoms with Crippen LogP contribution in [0.1, 0.15) is 5.69 Å². The lowest BCUT2D eigenvalue weighted by Crippen LogP contribution is -2.09. The molecule has 0 fully saturated rings. The zero-order valence-electron chi connectivity index (χ0n) is 10.5. The molecule has 0 saturated heterocycles. The van der Waals surface area contributed by atoms with Gasteiger partial charge < -0.3 is 9.57 Å². The van der Waals surface area contributed by atoms with E-state index in [1.165, 1.54) is 0 Å². The Morgan fingerprint density at radius 3 is 2.74 bits per heavy atom. The quantitative estimate of drug-likeness (QED) is 0.716. The number of nitrogens with zero attached hydrogens (tertiary/aromatic N) is 3. The summed E-state index contributed by atoms with van der Waals surface area (Å²) in [5.74, 6) is 0. The molecule has 0 saturated carbocycles. The number of pyridine rings is 1. The third-order valence-corrected chi connectivity index (χ3v) is 2.75. The van der Waals surface area contributed by atoms with Crippen LogP contribution in [-0.4, -0.2) is 21.8 Å². The molecule has 96 valence electrons. The molecule has 0 aliphatic carbocycles. The summed E-state index contributed by atoms with van der Waals surface area (Å²) in [5.41, 5.74) is 2.55. The number of benzene rings is 1. The molecule has 0 aliphatic rings. The Hall–Kier alpha value is -2.56.